The lowest BCUT2D eigenvalue weighted by atomic mass is 10.1. The summed E-state index contributed by atoms with van der Waals surface area (Å²) >= 11 is 1.13. The minimum absolute atomic E-state index is 0.0690. The number of hydrogen-bond donors (Lipinski definition) is 2. The van der Waals surface area contributed by atoms with Crippen LogP contribution in [0.25, 0.3) is 0 Å². The molecule has 6 heteroatoms. The van der Waals surface area contributed by atoms with Crippen LogP contribution in [0.15, 0.2) is 53.4 Å². The number of carbonyl (C=O) groups is 2. The smallest absolute Gasteiger partial charge is 0.253 e. The van der Waals surface area contributed by atoms with Crippen molar-refractivity contribution >= 4 is 29.3 Å². The van der Waals surface area contributed by atoms with Crippen LogP contribution >= 0.6 is 11.8 Å². The van der Waals surface area contributed by atoms with E-state index < -0.39 is 0 Å². The minimum atomic E-state index is -0.346. The van der Waals surface area contributed by atoms with E-state index in [0.717, 1.165) is 37.4 Å². The summed E-state index contributed by atoms with van der Waals surface area (Å²) in [6.07, 6.45) is 4.27. The number of hydrogen-bond acceptors (Lipinski definition) is 3. The molecule has 1 fully saturated rings. The van der Waals surface area contributed by atoms with Crippen molar-refractivity contribution in [1.82, 2.24) is 5.32 Å². The van der Waals surface area contributed by atoms with Crippen LogP contribution in [0.2, 0.25) is 0 Å². The van der Waals surface area contributed by atoms with Crippen molar-refractivity contribution < 1.29 is 14.0 Å². The van der Waals surface area contributed by atoms with E-state index in [1.807, 2.05) is 0 Å². The van der Waals surface area contributed by atoms with Gasteiger partial charge in [-0.15, -0.1) is 11.8 Å². The predicted octanol–water partition coefficient (Wildman–Crippen LogP) is 4.23. The summed E-state index contributed by atoms with van der Waals surface area (Å²) in [5, 5.41) is 5.79. The molecule has 0 bridgehead atoms. The molecule has 2 aromatic carbocycles. The number of rotatable bonds is 6. The van der Waals surface area contributed by atoms with Crippen molar-refractivity contribution in [3.63, 3.8) is 0 Å². The van der Waals surface area contributed by atoms with Gasteiger partial charge in [-0.2, -0.15) is 0 Å². The summed E-state index contributed by atoms with van der Waals surface area (Å²) in [4.78, 5) is 25.2. The van der Waals surface area contributed by atoms with E-state index in [0.29, 0.717) is 16.1 Å². The molecule has 1 saturated carbocycles. The van der Waals surface area contributed by atoms with Crippen LogP contribution in [0.5, 0.6) is 0 Å². The van der Waals surface area contributed by atoms with Crippen molar-refractivity contribution in [2.75, 3.05) is 11.1 Å². The van der Waals surface area contributed by atoms with E-state index in [-0.39, 0.29) is 29.4 Å². The SMILES string of the molecule is O=C(CSc1ccccc1F)Nc1ccccc1C(=O)NC1CCCC1. The van der Waals surface area contributed by atoms with E-state index in [9.17, 15) is 14.0 Å². The molecule has 0 radical (unpaired) electrons. The Morgan fingerprint density at radius 2 is 1.73 bits per heavy atom. The summed E-state index contributed by atoms with van der Waals surface area (Å²) in [6.45, 7) is 0. The Kier molecular flexibility index (Phi) is 6.28. The third kappa shape index (κ3) is 4.85. The molecule has 0 atom stereocenters. The average molecular weight is 372 g/mol. The summed E-state index contributed by atoms with van der Waals surface area (Å²) in [7, 11) is 0. The molecular weight excluding hydrogens is 351 g/mol. The van der Waals surface area contributed by atoms with Gasteiger partial charge in [-0.1, -0.05) is 37.1 Å². The van der Waals surface area contributed by atoms with Gasteiger partial charge in [0.25, 0.3) is 5.91 Å². The fourth-order valence-corrected chi connectivity index (χ4v) is 3.75. The third-order valence-corrected chi connectivity index (χ3v) is 5.38. The van der Waals surface area contributed by atoms with Crippen molar-refractivity contribution in [3.8, 4) is 0 Å². The molecule has 2 amide bonds. The predicted molar refractivity (Wildman–Crippen MR) is 102 cm³/mol. The summed E-state index contributed by atoms with van der Waals surface area (Å²) in [5.41, 5.74) is 0.922. The van der Waals surface area contributed by atoms with Gasteiger partial charge in [0.15, 0.2) is 0 Å². The lowest BCUT2D eigenvalue weighted by molar-refractivity contribution is -0.113. The Morgan fingerprint density at radius 3 is 2.50 bits per heavy atom. The summed E-state index contributed by atoms with van der Waals surface area (Å²) in [5.74, 6) is -0.727. The number of thioether (sulfide) groups is 1. The minimum Gasteiger partial charge on any atom is -0.349 e. The lowest BCUT2D eigenvalue weighted by Gasteiger charge is -2.15. The van der Waals surface area contributed by atoms with Crippen LogP contribution in [-0.4, -0.2) is 23.6 Å². The van der Waals surface area contributed by atoms with Crippen LogP contribution in [0.1, 0.15) is 36.0 Å². The highest BCUT2D eigenvalue weighted by molar-refractivity contribution is 8.00. The van der Waals surface area contributed by atoms with Gasteiger partial charge in [0.1, 0.15) is 5.82 Å². The van der Waals surface area contributed by atoms with Crippen LogP contribution in [0, 0.1) is 5.82 Å². The fourth-order valence-electron chi connectivity index (χ4n) is 3.01. The average Bonchev–Trinajstić information content (AvgIpc) is 3.14. The van der Waals surface area contributed by atoms with Gasteiger partial charge in [-0.05, 0) is 37.1 Å². The topological polar surface area (TPSA) is 58.2 Å². The fraction of sp³-hybridized carbons (Fsp3) is 0.300. The van der Waals surface area contributed by atoms with Crippen LogP contribution in [-0.2, 0) is 4.79 Å². The molecule has 2 aromatic rings. The molecule has 0 unspecified atom stereocenters. The quantitative estimate of drug-likeness (QED) is 0.746. The van der Waals surface area contributed by atoms with Crippen LogP contribution in [0.4, 0.5) is 10.1 Å². The second kappa shape index (κ2) is 8.85. The Morgan fingerprint density at radius 1 is 1.04 bits per heavy atom. The normalized spacial score (nSPS) is 14.2. The molecule has 0 spiro atoms. The molecule has 3 rings (SSSR count). The largest absolute Gasteiger partial charge is 0.349 e. The lowest BCUT2D eigenvalue weighted by Crippen LogP contribution is -2.33. The van der Waals surface area contributed by atoms with Crippen molar-refractivity contribution in [3.05, 3.63) is 59.9 Å². The Balaban J connectivity index is 1.61. The van der Waals surface area contributed by atoms with Crippen molar-refractivity contribution in [1.29, 1.82) is 0 Å². The van der Waals surface area contributed by atoms with Crippen molar-refractivity contribution in [2.24, 2.45) is 0 Å². The van der Waals surface area contributed by atoms with Gasteiger partial charge in [-0.25, -0.2) is 4.39 Å². The van der Waals surface area contributed by atoms with E-state index in [1.54, 1.807) is 42.5 Å². The molecule has 0 heterocycles. The highest BCUT2D eigenvalue weighted by atomic mass is 32.2. The van der Waals surface area contributed by atoms with E-state index in [4.69, 9.17) is 0 Å². The Hall–Kier alpha value is -2.34. The number of halogens is 1. The van der Waals surface area contributed by atoms with Crippen LogP contribution < -0.4 is 10.6 Å². The van der Waals surface area contributed by atoms with Gasteiger partial charge in [-0.3, -0.25) is 9.59 Å². The standard InChI is InChI=1S/C20H21FN2O2S/c21-16-10-4-6-12-18(16)26-13-19(24)23-17-11-5-3-9-15(17)20(25)22-14-7-1-2-8-14/h3-6,9-12,14H,1-2,7-8,13H2,(H,22,25)(H,23,24). The molecule has 1 aliphatic carbocycles. The molecule has 0 aliphatic heterocycles. The van der Waals surface area contributed by atoms with E-state index in [2.05, 4.69) is 10.6 Å². The zero-order valence-electron chi connectivity index (χ0n) is 14.3. The zero-order valence-corrected chi connectivity index (χ0v) is 15.2. The van der Waals surface area contributed by atoms with Gasteiger partial charge < -0.3 is 10.6 Å². The number of para-hydroxylation sites is 1. The van der Waals surface area contributed by atoms with E-state index in [1.165, 1.54) is 6.07 Å². The molecule has 4 nitrogen and oxygen atoms in total. The number of benzene rings is 2. The van der Waals surface area contributed by atoms with Gasteiger partial charge in [0, 0.05) is 10.9 Å². The highest BCUT2D eigenvalue weighted by Gasteiger charge is 2.20. The van der Waals surface area contributed by atoms with Crippen LogP contribution in [0.3, 0.4) is 0 Å². The molecule has 136 valence electrons. The number of amides is 2. The zero-order chi connectivity index (χ0) is 18.4. The molecule has 1 aliphatic rings. The number of carbonyl (C=O) groups excluding carboxylic acids is 2. The first-order valence-corrected chi connectivity index (χ1v) is 9.69. The monoisotopic (exact) mass is 372 g/mol. The van der Waals surface area contributed by atoms with Crippen molar-refractivity contribution in [2.45, 2.75) is 36.6 Å². The summed E-state index contributed by atoms with van der Waals surface area (Å²) < 4.78 is 13.6. The second-order valence-corrected chi connectivity index (χ2v) is 7.28. The maximum absolute atomic E-state index is 13.6. The Labute approximate surface area is 156 Å². The van der Waals surface area contributed by atoms with Gasteiger partial charge in [0.05, 0.1) is 17.0 Å². The van der Waals surface area contributed by atoms with Gasteiger partial charge >= 0.3 is 0 Å². The maximum Gasteiger partial charge on any atom is 0.253 e. The Bertz CT molecular complexity index is 791. The first-order valence-electron chi connectivity index (χ1n) is 8.70. The third-order valence-electron chi connectivity index (χ3n) is 4.33. The molecule has 0 saturated heterocycles. The first kappa shape index (κ1) is 18.5. The second-order valence-electron chi connectivity index (χ2n) is 6.27. The van der Waals surface area contributed by atoms with Gasteiger partial charge in [0.2, 0.25) is 5.91 Å². The highest BCUT2D eigenvalue weighted by Crippen LogP contribution is 2.23. The molecule has 2 N–H and O–H groups in total. The maximum atomic E-state index is 13.6. The number of nitrogens with one attached hydrogen (secondary N) is 2. The van der Waals surface area contributed by atoms with E-state index >= 15 is 0 Å². The molecular formula is C20H21FN2O2S. The molecule has 26 heavy (non-hydrogen) atoms. The number of anilines is 1. The summed E-state index contributed by atoms with van der Waals surface area (Å²) in [6, 6.07) is 13.5. The first-order chi connectivity index (χ1) is 12.6. The molecule has 0 aromatic heterocycles.